The lowest BCUT2D eigenvalue weighted by molar-refractivity contribution is -0.305. The number of carbonyl (C=O) groups is 1. The summed E-state index contributed by atoms with van der Waals surface area (Å²) >= 11 is 0. The Morgan fingerprint density at radius 2 is 2.06 bits per heavy atom. The molecule has 0 saturated heterocycles. The molecule has 0 spiro atoms. The highest BCUT2D eigenvalue weighted by molar-refractivity contribution is 5.82. The lowest BCUT2D eigenvalue weighted by Gasteiger charge is -2.08. The normalized spacial score (nSPS) is 10.9. The van der Waals surface area contributed by atoms with Gasteiger partial charge in [0.25, 0.3) is 0 Å². The fourth-order valence-corrected chi connectivity index (χ4v) is 2.03. The molecular weight excluding hydrogens is 202 g/mol. The summed E-state index contributed by atoms with van der Waals surface area (Å²) in [5.41, 5.74) is 3.38. The van der Waals surface area contributed by atoms with Crippen LogP contribution in [0.4, 0.5) is 0 Å². The van der Waals surface area contributed by atoms with E-state index >= 15 is 0 Å². The number of aryl methyl sites for hydroxylation is 3. The molecule has 0 bridgehead atoms. The number of rotatable bonds is 3. The van der Waals surface area contributed by atoms with Crippen molar-refractivity contribution in [1.82, 2.24) is 4.57 Å². The Morgan fingerprint density at radius 3 is 2.75 bits per heavy atom. The molecule has 0 fully saturated rings. The molecule has 1 aromatic heterocycles. The molecule has 2 aromatic rings. The van der Waals surface area contributed by atoms with Crippen molar-refractivity contribution in [3.8, 4) is 0 Å². The van der Waals surface area contributed by atoms with Gasteiger partial charge >= 0.3 is 0 Å². The van der Waals surface area contributed by atoms with Gasteiger partial charge in [-0.05, 0) is 32.0 Å². The number of hydrogen-bond acceptors (Lipinski definition) is 2. The van der Waals surface area contributed by atoms with Crippen molar-refractivity contribution in [3.63, 3.8) is 0 Å². The molecule has 0 amide bonds. The molecule has 0 radical (unpaired) electrons. The van der Waals surface area contributed by atoms with Crippen LogP contribution in [0.25, 0.3) is 10.9 Å². The average Bonchev–Trinajstić information content (AvgIpc) is 2.50. The van der Waals surface area contributed by atoms with Gasteiger partial charge in [-0.3, -0.25) is 0 Å². The number of hydrogen-bond donors (Lipinski definition) is 0. The largest absolute Gasteiger partial charge is 0.550 e. The average molecular weight is 216 g/mol. The zero-order valence-corrected chi connectivity index (χ0v) is 9.49. The lowest BCUT2D eigenvalue weighted by atomic mass is 10.2. The summed E-state index contributed by atoms with van der Waals surface area (Å²) in [7, 11) is 0. The van der Waals surface area contributed by atoms with E-state index in [1.807, 2.05) is 30.5 Å². The molecule has 0 saturated carbocycles. The highest BCUT2D eigenvalue weighted by atomic mass is 16.4. The maximum atomic E-state index is 10.5. The quantitative estimate of drug-likeness (QED) is 0.778. The second-order valence-corrected chi connectivity index (χ2v) is 4.12. The highest BCUT2D eigenvalue weighted by Crippen LogP contribution is 2.21. The van der Waals surface area contributed by atoms with Gasteiger partial charge in [0.2, 0.25) is 0 Å². The molecule has 3 heteroatoms. The van der Waals surface area contributed by atoms with Crippen molar-refractivity contribution < 1.29 is 9.90 Å². The van der Waals surface area contributed by atoms with E-state index < -0.39 is 5.97 Å². The van der Waals surface area contributed by atoms with E-state index in [1.165, 1.54) is 5.56 Å². The Hall–Kier alpha value is -1.77. The molecule has 0 N–H and O–H groups in total. The van der Waals surface area contributed by atoms with Crippen LogP contribution in [0.15, 0.2) is 24.3 Å². The van der Waals surface area contributed by atoms with Crippen molar-refractivity contribution in [2.45, 2.75) is 26.8 Å². The van der Waals surface area contributed by atoms with Crippen LogP contribution in [0.2, 0.25) is 0 Å². The van der Waals surface area contributed by atoms with E-state index in [2.05, 4.69) is 12.1 Å². The maximum absolute atomic E-state index is 10.5. The van der Waals surface area contributed by atoms with Crippen LogP contribution in [0, 0.1) is 13.8 Å². The highest BCUT2D eigenvalue weighted by Gasteiger charge is 2.05. The zero-order valence-electron chi connectivity index (χ0n) is 9.49. The summed E-state index contributed by atoms with van der Waals surface area (Å²) in [5, 5.41) is 11.6. The molecule has 84 valence electrons. The molecular formula is C13H14NO2-. The van der Waals surface area contributed by atoms with Crippen LogP contribution >= 0.6 is 0 Å². The summed E-state index contributed by atoms with van der Waals surface area (Å²) in [4.78, 5) is 10.5. The van der Waals surface area contributed by atoms with E-state index in [0.29, 0.717) is 6.54 Å². The number of nitrogens with zero attached hydrogens (tertiary/aromatic N) is 1. The third-order valence-electron chi connectivity index (χ3n) is 2.80. The molecule has 0 unspecified atom stereocenters. The first-order valence-electron chi connectivity index (χ1n) is 5.34. The van der Waals surface area contributed by atoms with Crippen LogP contribution in [-0.4, -0.2) is 10.5 Å². The number of aromatic nitrogens is 1. The SMILES string of the molecule is Cc1ccc2c(c1)cc(C)n2CCC(=O)[O-]. The number of benzene rings is 1. The Morgan fingerprint density at radius 1 is 1.31 bits per heavy atom. The molecule has 0 atom stereocenters. The zero-order chi connectivity index (χ0) is 11.7. The van der Waals surface area contributed by atoms with E-state index in [1.54, 1.807) is 0 Å². The van der Waals surface area contributed by atoms with Crippen LogP contribution in [0.1, 0.15) is 17.7 Å². The number of carboxylic acid groups (broad SMARTS) is 1. The minimum atomic E-state index is -1.01. The van der Waals surface area contributed by atoms with Crippen molar-refractivity contribution in [2.75, 3.05) is 0 Å². The minimum Gasteiger partial charge on any atom is -0.550 e. The summed E-state index contributed by atoms with van der Waals surface area (Å²) in [5.74, 6) is -1.01. The van der Waals surface area contributed by atoms with Crippen LogP contribution in [-0.2, 0) is 11.3 Å². The van der Waals surface area contributed by atoms with Gasteiger partial charge in [0, 0.05) is 35.5 Å². The Labute approximate surface area is 94.3 Å². The molecule has 1 aromatic carbocycles. The van der Waals surface area contributed by atoms with E-state index in [-0.39, 0.29) is 6.42 Å². The summed E-state index contributed by atoms with van der Waals surface area (Å²) in [6, 6.07) is 8.26. The topological polar surface area (TPSA) is 45.1 Å². The van der Waals surface area contributed by atoms with Crippen molar-refractivity contribution in [2.24, 2.45) is 0 Å². The Balaban J connectivity index is 2.43. The molecule has 0 aliphatic rings. The van der Waals surface area contributed by atoms with Crippen molar-refractivity contribution >= 4 is 16.9 Å². The predicted molar refractivity (Wildman–Crippen MR) is 61.0 cm³/mol. The number of aliphatic carboxylic acids is 1. The van der Waals surface area contributed by atoms with E-state index in [0.717, 1.165) is 16.6 Å². The van der Waals surface area contributed by atoms with Gasteiger partial charge in [0.05, 0.1) is 0 Å². The summed E-state index contributed by atoms with van der Waals surface area (Å²) < 4.78 is 2.02. The first kappa shape index (κ1) is 10.7. The summed E-state index contributed by atoms with van der Waals surface area (Å²) in [6.07, 6.45) is 0.0541. The van der Waals surface area contributed by atoms with Crippen molar-refractivity contribution in [1.29, 1.82) is 0 Å². The number of carbonyl (C=O) groups excluding carboxylic acids is 1. The fraction of sp³-hybridized carbons (Fsp3) is 0.308. The second kappa shape index (κ2) is 4.00. The maximum Gasteiger partial charge on any atom is 0.0482 e. The van der Waals surface area contributed by atoms with Gasteiger partial charge in [-0.15, -0.1) is 0 Å². The monoisotopic (exact) mass is 216 g/mol. The Kier molecular flexibility index (Phi) is 2.69. The smallest absolute Gasteiger partial charge is 0.0482 e. The van der Waals surface area contributed by atoms with Gasteiger partial charge in [0.1, 0.15) is 0 Å². The van der Waals surface area contributed by atoms with Gasteiger partial charge in [-0.2, -0.15) is 0 Å². The van der Waals surface area contributed by atoms with E-state index in [4.69, 9.17) is 0 Å². The fourth-order valence-electron chi connectivity index (χ4n) is 2.03. The molecule has 1 heterocycles. The standard InChI is InChI=1S/C13H15NO2/c1-9-3-4-12-11(7-9)8-10(2)14(12)6-5-13(15)16/h3-4,7-8H,5-6H2,1-2H3,(H,15,16)/p-1. The van der Waals surface area contributed by atoms with Crippen LogP contribution in [0.3, 0.4) is 0 Å². The van der Waals surface area contributed by atoms with Gasteiger partial charge in [0.15, 0.2) is 0 Å². The lowest BCUT2D eigenvalue weighted by Crippen LogP contribution is -2.23. The molecule has 3 nitrogen and oxygen atoms in total. The number of carboxylic acids is 1. The molecule has 0 aliphatic carbocycles. The first-order chi connectivity index (χ1) is 7.58. The second-order valence-electron chi connectivity index (χ2n) is 4.12. The van der Waals surface area contributed by atoms with Gasteiger partial charge in [-0.1, -0.05) is 11.6 Å². The molecule has 16 heavy (non-hydrogen) atoms. The predicted octanol–water partition coefficient (Wildman–Crippen LogP) is 1.40. The van der Waals surface area contributed by atoms with E-state index in [9.17, 15) is 9.90 Å². The van der Waals surface area contributed by atoms with Crippen LogP contribution < -0.4 is 5.11 Å². The molecule has 0 aliphatic heterocycles. The number of fused-ring (bicyclic) bond motifs is 1. The van der Waals surface area contributed by atoms with Gasteiger partial charge < -0.3 is 14.5 Å². The minimum absolute atomic E-state index is 0.0541. The van der Waals surface area contributed by atoms with Crippen molar-refractivity contribution in [3.05, 3.63) is 35.5 Å². The molecule has 2 rings (SSSR count). The Bertz CT molecular complexity index is 540. The third kappa shape index (κ3) is 1.94. The third-order valence-corrected chi connectivity index (χ3v) is 2.80. The van der Waals surface area contributed by atoms with Crippen LogP contribution in [0.5, 0.6) is 0 Å². The summed E-state index contributed by atoms with van der Waals surface area (Å²) in [6.45, 7) is 4.51. The first-order valence-corrected chi connectivity index (χ1v) is 5.34. The van der Waals surface area contributed by atoms with Gasteiger partial charge in [-0.25, -0.2) is 0 Å².